The lowest BCUT2D eigenvalue weighted by molar-refractivity contribution is 1.10. The van der Waals surface area contributed by atoms with Crippen molar-refractivity contribution in [2.75, 3.05) is 0 Å². The van der Waals surface area contributed by atoms with Crippen LogP contribution >= 0.6 is 0 Å². The largest absolute Gasteiger partial charge is 0.0738 e. The van der Waals surface area contributed by atoms with Crippen LogP contribution in [-0.4, -0.2) is 0 Å². The van der Waals surface area contributed by atoms with E-state index < -0.39 is 0 Å². The summed E-state index contributed by atoms with van der Waals surface area (Å²) in [6.45, 7) is 0. The topological polar surface area (TPSA) is 0 Å². The smallest absolute Gasteiger partial charge is 0.0136 e. The van der Waals surface area contributed by atoms with Crippen LogP contribution in [0.25, 0.3) is 6.08 Å². The second-order valence-corrected chi connectivity index (χ2v) is 3.12. The molecular weight excluding hydrogens is 156 g/mol. The number of benzene rings is 1. The number of hydrogen-bond acceptors (Lipinski definition) is 0. The summed E-state index contributed by atoms with van der Waals surface area (Å²) in [6, 6.07) is 10.4. The zero-order chi connectivity index (χ0) is 8.93. The molecule has 1 aliphatic rings. The lowest BCUT2D eigenvalue weighted by Crippen LogP contribution is -1.80. The van der Waals surface area contributed by atoms with Crippen LogP contribution in [0.1, 0.15) is 5.56 Å². The predicted molar refractivity (Wildman–Crippen MR) is 57.2 cm³/mol. The molecule has 0 unspecified atom stereocenters. The average Bonchev–Trinajstić information content (AvgIpc) is 2.69. The normalized spacial score (nSPS) is 16.0. The molecule has 1 aromatic carbocycles. The van der Waals surface area contributed by atoms with Gasteiger partial charge in [0, 0.05) is 5.92 Å². The van der Waals surface area contributed by atoms with Crippen LogP contribution in [0.2, 0.25) is 0 Å². The summed E-state index contributed by atoms with van der Waals surface area (Å²) >= 11 is 0. The van der Waals surface area contributed by atoms with Gasteiger partial charge in [-0.3, -0.25) is 0 Å². The number of allylic oxidation sites excluding steroid dienone is 5. The van der Waals surface area contributed by atoms with Crippen molar-refractivity contribution in [3.05, 3.63) is 66.3 Å². The Morgan fingerprint density at radius 3 is 2.31 bits per heavy atom. The Kier molecular flexibility index (Phi) is 2.42. The Balaban J connectivity index is 2.05. The summed E-state index contributed by atoms with van der Waals surface area (Å²) in [7, 11) is 0. The summed E-state index contributed by atoms with van der Waals surface area (Å²) in [6.07, 6.45) is 12.9. The third kappa shape index (κ3) is 2.19. The van der Waals surface area contributed by atoms with Crippen LogP contribution in [0.4, 0.5) is 0 Å². The summed E-state index contributed by atoms with van der Waals surface area (Å²) in [5.41, 5.74) is 1.26. The fourth-order valence-electron chi connectivity index (χ4n) is 1.36. The van der Waals surface area contributed by atoms with Gasteiger partial charge in [0.25, 0.3) is 0 Å². The van der Waals surface area contributed by atoms with E-state index in [1.807, 2.05) is 6.07 Å². The van der Waals surface area contributed by atoms with Crippen LogP contribution in [0.3, 0.4) is 0 Å². The Morgan fingerprint density at radius 2 is 1.62 bits per heavy atom. The average molecular weight is 168 g/mol. The van der Waals surface area contributed by atoms with Crippen molar-refractivity contribution in [1.82, 2.24) is 0 Å². The molecule has 0 saturated carbocycles. The molecule has 0 bridgehead atoms. The van der Waals surface area contributed by atoms with Crippen LogP contribution in [0.15, 0.2) is 60.7 Å². The molecule has 0 fully saturated rings. The Hall–Kier alpha value is -1.56. The van der Waals surface area contributed by atoms with Gasteiger partial charge in [0.2, 0.25) is 0 Å². The van der Waals surface area contributed by atoms with Crippen LogP contribution in [0.5, 0.6) is 0 Å². The molecule has 0 heteroatoms. The van der Waals surface area contributed by atoms with E-state index >= 15 is 0 Å². The van der Waals surface area contributed by atoms with Gasteiger partial charge >= 0.3 is 0 Å². The fraction of sp³-hybridized carbons (Fsp3) is 0.0769. The van der Waals surface area contributed by atoms with Crippen molar-refractivity contribution in [3.63, 3.8) is 0 Å². The minimum absolute atomic E-state index is 0.486. The zero-order valence-electron chi connectivity index (χ0n) is 7.43. The SMILES string of the molecule is C1=CC(C=Cc2ccccc2)C=C1. The molecule has 0 aromatic heterocycles. The molecule has 0 spiro atoms. The Bertz CT molecular complexity index is 330. The minimum Gasteiger partial charge on any atom is -0.0738 e. The van der Waals surface area contributed by atoms with E-state index in [9.17, 15) is 0 Å². The Morgan fingerprint density at radius 1 is 0.923 bits per heavy atom. The predicted octanol–water partition coefficient (Wildman–Crippen LogP) is 3.44. The molecule has 1 aromatic rings. The molecule has 0 radical (unpaired) electrons. The first kappa shape index (κ1) is 8.06. The maximum Gasteiger partial charge on any atom is 0.0136 e. The van der Waals surface area contributed by atoms with Gasteiger partial charge in [-0.25, -0.2) is 0 Å². The highest BCUT2D eigenvalue weighted by Crippen LogP contribution is 2.12. The summed E-state index contributed by atoms with van der Waals surface area (Å²) < 4.78 is 0. The summed E-state index contributed by atoms with van der Waals surface area (Å²) in [5, 5.41) is 0. The molecule has 0 amide bonds. The van der Waals surface area contributed by atoms with Gasteiger partial charge in [-0.2, -0.15) is 0 Å². The van der Waals surface area contributed by atoms with Gasteiger partial charge in [-0.1, -0.05) is 66.8 Å². The highest BCUT2D eigenvalue weighted by molar-refractivity contribution is 5.50. The maximum atomic E-state index is 2.20. The second-order valence-electron chi connectivity index (χ2n) is 3.12. The molecule has 0 saturated heterocycles. The monoisotopic (exact) mass is 168 g/mol. The van der Waals surface area contributed by atoms with Crippen molar-refractivity contribution < 1.29 is 0 Å². The van der Waals surface area contributed by atoms with E-state index in [1.165, 1.54) is 5.56 Å². The van der Waals surface area contributed by atoms with Crippen molar-refractivity contribution in [1.29, 1.82) is 0 Å². The van der Waals surface area contributed by atoms with Gasteiger partial charge in [0.1, 0.15) is 0 Å². The number of hydrogen-bond donors (Lipinski definition) is 0. The second kappa shape index (κ2) is 3.90. The summed E-state index contributed by atoms with van der Waals surface area (Å²) in [5.74, 6) is 0.486. The highest BCUT2D eigenvalue weighted by Gasteiger charge is 1.96. The zero-order valence-corrected chi connectivity index (χ0v) is 7.43. The molecule has 1 aliphatic carbocycles. The van der Waals surface area contributed by atoms with Crippen molar-refractivity contribution >= 4 is 6.08 Å². The van der Waals surface area contributed by atoms with Gasteiger partial charge < -0.3 is 0 Å². The van der Waals surface area contributed by atoms with Crippen molar-refractivity contribution in [2.24, 2.45) is 5.92 Å². The van der Waals surface area contributed by atoms with Gasteiger partial charge in [0.05, 0.1) is 0 Å². The van der Waals surface area contributed by atoms with Crippen molar-refractivity contribution in [3.8, 4) is 0 Å². The van der Waals surface area contributed by atoms with Gasteiger partial charge in [-0.15, -0.1) is 0 Å². The molecule has 0 atom stereocenters. The molecule has 13 heavy (non-hydrogen) atoms. The van der Waals surface area contributed by atoms with E-state index in [4.69, 9.17) is 0 Å². The van der Waals surface area contributed by atoms with Gasteiger partial charge in [0.15, 0.2) is 0 Å². The van der Waals surface area contributed by atoms with Crippen LogP contribution < -0.4 is 0 Å². The van der Waals surface area contributed by atoms with E-state index in [0.717, 1.165) is 0 Å². The fourth-order valence-corrected chi connectivity index (χ4v) is 1.36. The first-order chi connectivity index (χ1) is 6.45. The van der Waals surface area contributed by atoms with E-state index in [-0.39, 0.29) is 0 Å². The molecule has 2 rings (SSSR count). The molecular formula is C13H12. The number of rotatable bonds is 2. The van der Waals surface area contributed by atoms with Gasteiger partial charge in [-0.05, 0) is 5.56 Å². The molecule has 64 valence electrons. The van der Waals surface area contributed by atoms with Crippen LogP contribution in [-0.2, 0) is 0 Å². The molecule has 0 heterocycles. The first-order valence-corrected chi connectivity index (χ1v) is 4.53. The molecule has 0 nitrogen and oxygen atoms in total. The van der Waals surface area contributed by atoms with E-state index in [0.29, 0.717) is 5.92 Å². The van der Waals surface area contributed by atoms with Crippen molar-refractivity contribution in [2.45, 2.75) is 0 Å². The third-order valence-corrected chi connectivity index (χ3v) is 2.09. The van der Waals surface area contributed by atoms with E-state index in [1.54, 1.807) is 0 Å². The lowest BCUT2D eigenvalue weighted by atomic mass is 10.1. The first-order valence-electron chi connectivity index (χ1n) is 4.53. The maximum absolute atomic E-state index is 2.20. The lowest BCUT2D eigenvalue weighted by Gasteiger charge is -1.95. The standard InChI is InChI=1S/C13H12/c1-2-6-12(7-3-1)10-11-13-8-4-5-9-13/h1-11,13H. The highest BCUT2D eigenvalue weighted by atomic mass is 14.0. The quantitative estimate of drug-likeness (QED) is 0.634. The molecule has 0 aliphatic heterocycles. The summed E-state index contributed by atoms with van der Waals surface area (Å²) in [4.78, 5) is 0. The Labute approximate surface area is 78.9 Å². The van der Waals surface area contributed by atoms with Crippen LogP contribution in [0, 0.1) is 5.92 Å². The molecule has 0 N–H and O–H groups in total. The third-order valence-electron chi connectivity index (χ3n) is 2.09. The van der Waals surface area contributed by atoms with E-state index in [2.05, 4.69) is 60.7 Å². The minimum atomic E-state index is 0.486.